The molecule has 0 saturated carbocycles. The van der Waals surface area contributed by atoms with Crippen molar-refractivity contribution in [3.05, 3.63) is 85.6 Å². The second kappa shape index (κ2) is 9.23. The zero-order valence-corrected chi connectivity index (χ0v) is 15.9. The third-order valence-electron chi connectivity index (χ3n) is 3.83. The van der Waals surface area contributed by atoms with E-state index < -0.39 is 0 Å². The average Bonchev–Trinajstić information content (AvgIpc) is 2.73. The molecular formula is C22H21N5O. The lowest BCUT2D eigenvalue weighted by molar-refractivity contribution is 0.484. The summed E-state index contributed by atoms with van der Waals surface area (Å²) in [7, 11) is 3.93. The summed E-state index contributed by atoms with van der Waals surface area (Å²) < 4.78 is 5.47. The second-order valence-corrected chi connectivity index (χ2v) is 6.08. The van der Waals surface area contributed by atoms with E-state index >= 15 is 0 Å². The van der Waals surface area contributed by atoms with Crippen LogP contribution in [0.4, 0.5) is 28.4 Å². The van der Waals surface area contributed by atoms with Crippen molar-refractivity contribution in [1.29, 1.82) is 0 Å². The highest BCUT2D eigenvalue weighted by molar-refractivity contribution is 5.61. The van der Waals surface area contributed by atoms with Gasteiger partial charge >= 0.3 is 0 Å². The normalized spacial score (nSPS) is 11.1. The SMILES string of the molecule is C=COc1cc(N(C)C)ccc1N=Nc1ccc(N=Nc2ccccc2)cc1. The molecule has 0 aliphatic carbocycles. The molecule has 0 N–H and O–H groups in total. The molecule has 28 heavy (non-hydrogen) atoms. The molecule has 0 unspecified atom stereocenters. The molecule has 0 amide bonds. The maximum Gasteiger partial charge on any atom is 0.156 e. The van der Waals surface area contributed by atoms with Crippen LogP contribution in [0.25, 0.3) is 0 Å². The number of hydrogen-bond donors (Lipinski definition) is 0. The highest BCUT2D eigenvalue weighted by Gasteiger charge is 2.05. The lowest BCUT2D eigenvalue weighted by Crippen LogP contribution is -2.08. The first-order valence-corrected chi connectivity index (χ1v) is 8.73. The zero-order chi connectivity index (χ0) is 19.8. The monoisotopic (exact) mass is 371 g/mol. The molecule has 140 valence electrons. The van der Waals surface area contributed by atoms with E-state index in [1.165, 1.54) is 6.26 Å². The van der Waals surface area contributed by atoms with Gasteiger partial charge in [0.2, 0.25) is 0 Å². The molecule has 0 aromatic heterocycles. The van der Waals surface area contributed by atoms with E-state index in [1.54, 1.807) is 0 Å². The van der Waals surface area contributed by atoms with Crippen LogP contribution in [0.2, 0.25) is 0 Å². The van der Waals surface area contributed by atoms with Crippen LogP contribution in [0.5, 0.6) is 5.75 Å². The van der Waals surface area contributed by atoms with E-state index in [0.717, 1.165) is 17.1 Å². The van der Waals surface area contributed by atoms with Crippen molar-refractivity contribution in [3.63, 3.8) is 0 Å². The van der Waals surface area contributed by atoms with Crippen LogP contribution >= 0.6 is 0 Å². The Morgan fingerprint density at radius 3 is 1.89 bits per heavy atom. The van der Waals surface area contributed by atoms with E-state index in [1.807, 2.05) is 91.8 Å². The fourth-order valence-electron chi connectivity index (χ4n) is 2.36. The number of hydrogen-bond acceptors (Lipinski definition) is 6. The van der Waals surface area contributed by atoms with Crippen LogP contribution in [-0.4, -0.2) is 14.1 Å². The van der Waals surface area contributed by atoms with Crippen LogP contribution in [0.3, 0.4) is 0 Å². The average molecular weight is 371 g/mol. The Morgan fingerprint density at radius 1 is 0.750 bits per heavy atom. The first-order chi connectivity index (χ1) is 13.7. The first kappa shape index (κ1) is 19.0. The highest BCUT2D eigenvalue weighted by Crippen LogP contribution is 2.33. The number of benzene rings is 3. The summed E-state index contributed by atoms with van der Waals surface area (Å²) >= 11 is 0. The summed E-state index contributed by atoms with van der Waals surface area (Å²) in [4.78, 5) is 1.99. The maximum atomic E-state index is 5.47. The molecule has 0 bridgehead atoms. The second-order valence-electron chi connectivity index (χ2n) is 6.08. The topological polar surface area (TPSA) is 61.9 Å². The summed E-state index contributed by atoms with van der Waals surface area (Å²) in [5, 5.41) is 17.0. The van der Waals surface area contributed by atoms with E-state index in [4.69, 9.17) is 4.74 Å². The number of ether oxygens (including phenoxy) is 1. The Labute approximate surface area is 164 Å². The van der Waals surface area contributed by atoms with E-state index in [-0.39, 0.29) is 0 Å². The summed E-state index contributed by atoms with van der Waals surface area (Å²) in [5.41, 5.74) is 3.89. The minimum atomic E-state index is 0.596. The molecule has 3 aromatic rings. The first-order valence-electron chi connectivity index (χ1n) is 8.73. The molecule has 0 atom stereocenters. The van der Waals surface area contributed by atoms with Gasteiger partial charge in [-0.1, -0.05) is 24.8 Å². The molecular weight excluding hydrogens is 350 g/mol. The van der Waals surface area contributed by atoms with Gasteiger partial charge < -0.3 is 9.64 Å². The fraction of sp³-hybridized carbons (Fsp3) is 0.0909. The predicted molar refractivity (Wildman–Crippen MR) is 113 cm³/mol. The van der Waals surface area contributed by atoms with Gasteiger partial charge in [0.25, 0.3) is 0 Å². The third-order valence-corrected chi connectivity index (χ3v) is 3.83. The predicted octanol–water partition coefficient (Wildman–Crippen LogP) is 7.11. The van der Waals surface area contributed by atoms with Crippen molar-refractivity contribution in [1.82, 2.24) is 0 Å². The Bertz CT molecular complexity index is 980. The number of anilines is 1. The summed E-state index contributed by atoms with van der Waals surface area (Å²) in [6.07, 6.45) is 1.38. The molecule has 6 nitrogen and oxygen atoms in total. The van der Waals surface area contributed by atoms with Crippen molar-refractivity contribution in [2.75, 3.05) is 19.0 Å². The molecule has 0 aliphatic rings. The van der Waals surface area contributed by atoms with Crippen LogP contribution < -0.4 is 9.64 Å². The molecule has 0 saturated heterocycles. The minimum Gasteiger partial charge on any atom is -0.463 e. The van der Waals surface area contributed by atoms with Gasteiger partial charge in [-0.25, -0.2) is 0 Å². The molecule has 0 spiro atoms. The number of rotatable bonds is 7. The number of azo groups is 2. The smallest absolute Gasteiger partial charge is 0.156 e. The molecule has 0 aliphatic heterocycles. The van der Waals surface area contributed by atoms with Crippen molar-refractivity contribution in [3.8, 4) is 5.75 Å². The van der Waals surface area contributed by atoms with Gasteiger partial charge in [0.15, 0.2) is 5.75 Å². The quantitative estimate of drug-likeness (QED) is 0.328. The highest BCUT2D eigenvalue weighted by atomic mass is 16.5. The van der Waals surface area contributed by atoms with E-state index in [2.05, 4.69) is 27.0 Å². The molecule has 0 fully saturated rings. The zero-order valence-electron chi connectivity index (χ0n) is 15.9. The fourth-order valence-corrected chi connectivity index (χ4v) is 2.36. The molecule has 6 heteroatoms. The standard InChI is InChI=1S/C22H21N5O/c1-4-28-22-16-20(27(2)3)14-15-21(22)26-25-19-12-10-18(11-13-19)24-23-17-8-6-5-7-9-17/h4-16H,1H2,2-3H3. The van der Waals surface area contributed by atoms with Gasteiger partial charge in [-0.2, -0.15) is 15.3 Å². The van der Waals surface area contributed by atoms with Gasteiger partial charge in [0, 0.05) is 25.8 Å². The van der Waals surface area contributed by atoms with Crippen LogP contribution in [0.1, 0.15) is 0 Å². The van der Waals surface area contributed by atoms with Crippen LogP contribution in [0.15, 0.2) is 106 Å². The van der Waals surface area contributed by atoms with Crippen molar-refractivity contribution < 1.29 is 4.74 Å². The van der Waals surface area contributed by atoms with Gasteiger partial charge in [0.05, 0.1) is 23.3 Å². The van der Waals surface area contributed by atoms with Gasteiger partial charge in [-0.3, -0.25) is 0 Å². The van der Waals surface area contributed by atoms with E-state index in [9.17, 15) is 0 Å². The van der Waals surface area contributed by atoms with E-state index in [0.29, 0.717) is 17.1 Å². The lowest BCUT2D eigenvalue weighted by atomic mass is 10.2. The van der Waals surface area contributed by atoms with Crippen molar-refractivity contribution in [2.45, 2.75) is 0 Å². The Hall–Kier alpha value is -3.80. The van der Waals surface area contributed by atoms with Gasteiger partial charge in [-0.05, 0) is 48.5 Å². The van der Waals surface area contributed by atoms with Crippen LogP contribution in [0, 0.1) is 0 Å². The lowest BCUT2D eigenvalue weighted by Gasteiger charge is -2.14. The Morgan fingerprint density at radius 2 is 1.32 bits per heavy atom. The summed E-state index contributed by atoms with van der Waals surface area (Å²) in [6.45, 7) is 3.61. The molecule has 3 rings (SSSR count). The molecule has 0 radical (unpaired) electrons. The van der Waals surface area contributed by atoms with Crippen LogP contribution in [-0.2, 0) is 0 Å². The summed E-state index contributed by atoms with van der Waals surface area (Å²) in [5.74, 6) is 0.596. The van der Waals surface area contributed by atoms with Gasteiger partial charge in [0.1, 0.15) is 5.69 Å². The minimum absolute atomic E-state index is 0.596. The summed E-state index contributed by atoms with van der Waals surface area (Å²) in [6, 6.07) is 22.7. The molecule has 3 aromatic carbocycles. The van der Waals surface area contributed by atoms with Crippen molar-refractivity contribution in [2.24, 2.45) is 20.5 Å². The maximum absolute atomic E-state index is 5.47. The largest absolute Gasteiger partial charge is 0.463 e. The third kappa shape index (κ3) is 5.11. The molecule has 0 heterocycles. The Kier molecular flexibility index (Phi) is 6.25. The van der Waals surface area contributed by atoms with Crippen molar-refractivity contribution >= 4 is 28.4 Å². The number of nitrogens with zero attached hydrogens (tertiary/aromatic N) is 5. The Balaban J connectivity index is 1.74. The van der Waals surface area contributed by atoms with Gasteiger partial charge in [-0.15, -0.1) is 5.11 Å².